The number of carbonyl (C=O) groups is 1. The number of carbonyl (C=O) groups excluding carboxylic acids is 1. The first-order valence-corrected chi connectivity index (χ1v) is 8.48. The molecule has 116 valence electrons. The van der Waals surface area contributed by atoms with Crippen LogP contribution in [0.25, 0.3) is 10.6 Å². The van der Waals surface area contributed by atoms with E-state index in [1.54, 1.807) is 24.5 Å². The van der Waals surface area contributed by atoms with Crippen LogP contribution in [-0.4, -0.2) is 38.8 Å². The van der Waals surface area contributed by atoms with E-state index in [9.17, 15) is 4.79 Å². The fourth-order valence-electron chi connectivity index (χ4n) is 2.98. The van der Waals surface area contributed by atoms with Crippen molar-refractivity contribution in [3.8, 4) is 10.6 Å². The third-order valence-electron chi connectivity index (χ3n) is 4.12. The minimum Gasteiger partial charge on any atom is -0.343 e. The molecule has 2 aromatic rings. The lowest BCUT2D eigenvalue weighted by Crippen LogP contribution is -2.39. The number of amides is 1. The number of aryl methyl sites for hydroxylation is 1. The number of nitrogens with zero attached hydrogens (tertiary/aromatic N) is 4. The van der Waals surface area contributed by atoms with Crippen molar-refractivity contribution in [3.63, 3.8) is 0 Å². The minimum atomic E-state index is 0.171. The molecule has 0 aliphatic carbocycles. The Bertz CT molecular complexity index is 670. The predicted molar refractivity (Wildman–Crippen MR) is 86.6 cm³/mol. The van der Waals surface area contributed by atoms with E-state index in [-0.39, 0.29) is 5.91 Å². The van der Waals surface area contributed by atoms with Crippen molar-refractivity contribution in [2.24, 2.45) is 5.92 Å². The quantitative estimate of drug-likeness (QED) is 0.873. The Morgan fingerprint density at radius 3 is 3.05 bits per heavy atom. The molecule has 0 bridgehead atoms. The smallest absolute Gasteiger partial charge is 0.219 e. The van der Waals surface area contributed by atoms with Gasteiger partial charge in [-0.3, -0.25) is 9.78 Å². The van der Waals surface area contributed by atoms with Crippen LogP contribution >= 0.6 is 11.3 Å². The van der Waals surface area contributed by atoms with Gasteiger partial charge in [0.15, 0.2) is 0 Å². The molecular weight excluding hydrogens is 296 g/mol. The highest BCUT2D eigenvalue weighted by Gasteiger charge is 2.22. The zero-order valence-electron chi connectivity index (χ0n) is 13.0. The Hall–Kier alpha value is -1.82. The van der Waals surface area contributed by atoms with Crippen molar-refractivity contribution in [1.29, 1.82) is 0 Å². The summed E-state index contributed by atoms with van der Waals surface area (Å²) in [7, 11) is 0. The van der Waals surface area contributed by atoms with Gasteiger partial charge in [-0.2, -0.15) is 0 Å². The molecule has 3 rings (SSSR count). The highest BCUT2D eigenvalue weighted by Crippen LogP contribution is 2.26. The van der Waals surface area contributed by atoms with Crippen molar-refractivity contribution in [1.82, 2.24) is 19.9 Å². The lowest BCUT2D eigenvalue weighted by molar-refractivity contribution is -0.130. The van der Waals surface area contributed by atoms with Crippen LogP contribution < -0.4 is 0 Å². The maximum absolute atomic E-state index is 11.5. The molecule has 3 heterocycles. The monoisotopic (exact) mass is 316 g/mol. The van der Waals surface area contributed by atoms with Gasteiger partial charge in [0.1, 0.15) is 5.69 Å². The highest BCUT2D eigenvalue weighted by atomic mass is 32.1. The van der Waals surface area contributed by atoms with Crippen LogP contribution in [0.15, 0.2) is 17.9 Å². The van der Waals surface area contributed by atoms with E-state index in [2.05, 4.69) is 9.97 Å². The highest BCUT2D eigenvalue weighted by molar-refractivity contribution is 7.13. The van der Waals surface area contributed by atoms with E-state index in [0.717, 1.165) is 54.3 Å². The normalized spacial score (nSPS) is 18.5. The molecule has 2 aromatic heterocycles. The second-order valence-corrected chi connectivity index (χ2v) is 6.69. The summed E-state index contributed by atoms with van der Waals surface area (Å²) in [5, 5.41) is 0. The zero-order valence-corrected chi connectivity index (χ0v) is 13.8. The molecule has 6 heteroatoms. The summed E-state index contributed by atoms with van der Waals surface area (Å²) in [5.74, 6) is 0.648. The average Bonchev–Trinajstić information content (AvgIpc) is 2.94. The minimum absolute atomic E-state index is 0.171. The maximum atomic E-state index is 11.5. The van der Waals surface area contributed by atoms with Gasteiger partial charge in [0.05, 0.1) is 28.0 Å². The molecule has 0 N–H and O–H groups in total. The summed E-state index contributed by atoms with van der Waals surface area (Å²) >= 11 is 1.60. The fourth-order valence-corrected chi connectivity index (χ4v) is 3.73. The number of piperidine rings is 1. The number of likely N-dealkylation sites (tertiary alicyclic amines) is 1. The topological polar surface area (TPSA) is 59.0 Å². The summed E-state index contributed by atoms with van der Waals surface area (Å²) in [6, 6.07) is 0. The van der Waals surface area contributed by atoms with Gasteiger partial charge < -0.3 is 4.90 Å². The Morgan fingerprint density at radius 2 is 2.32 bits per heavy atom. The number of thiazole rings is 1. The van der Waals surface area contributed by atoms with Gasteiger partial charge in [-0.05, 0) is 32.1 Å². The summed E-state index contributed by atoms with van der Waals surface area (Å²) in [6.07, 6.45) is 6.74. The molecule has 0 spiro atoms. The SMILES string of the molecule is CC(=O)N1CCC[C@H](Cc2cncc(-c3scnc3C)n2)C1. The average molecular weight is 316 g/mol. The second kappa shape index (κ2) is 6.52. The van der Waals surface area contributed by atoms with E-state index in [1.165, 1.54) is 0 Å². The molecule has 1 aliphatic heterocycles. The molecule has 0 radical (unpaired) electrons. The molecule has 22 heavy (non-hydrogen) atoms. The van der Waals surface area contributed by atoms with Crippen LogP contribution in [0.4, 0.5) is 0 Å². The van der Waals surface area contributed by atoms with Crippen LogP contribution in [-0.2, 0) is 11.2 Å². The van der Waals surface area contributed by atoms with E-state index in [0.29, 0.717) is 5.92 Å². The van der Waals surface area contributed by atoms with Crippen LogP contribution in [0.5, 0.6) is 0 Å². The molecule has 1 amide bonds. The molecule has 0 saturated carbocycles. The summed E-state index contributed by atoms with van der Waals surface area (Å²) in [4.78, 5) is 27.9. The molecule has 5 nitrogen and oxygen atoms in total. The Kier molecular flexibility index (Phi) is 4.47. The van der Waals surface area contributed by atoms with Crippen molar-refractivity contribution in [2.45, 2.75) is 33.1 Å². The van der Waals surface area contributed by atoms with Crippen LogP contribution in [0.3, 0.4) is 0 Å². The van der Waals surface area contributed by atoms with Crippen molar-refractivity contribution >= 4 is 17.2 Å². The first kappa shape index (κ1) is 15.1. The van der Waals surface area contributed by atoms with Gasteiger partial charge >= 0.3 is 0 Å². The Morgan fingerprint density at radius 1 is 1.45 bits per heavy atom. The molecule has 1 saturated heterocycles. The van der Waals surface area contributed by atoms with Gasteiger partial charge in [0.2, 0.25) is 5.91 Å². The van der Waals surface area contributed by atoms with Crippen molar-refractivity contribution in [3.05, 3.63) is 29.3 Å². The van der Waals surface area contributed by atoms with E-state index >= 15 is 0 Å². The lowest BCUT2D eigenvalue weighted by atomic mass is 9.93. The van der Waals surface area contributed by atoms with Crippen molar-refractivity contribution in [2.75, 3.05) is 13.1 Å². The molecule has 1 fully saturated rings. The number of hydrogen-bond donors (Lipinski definition) is 0. The van der Waals surface area contributed by atoms with Gasteiger partial charge in [0.25, 0.3) is 0 Å². The number of rotatable bonds is 3. The van der Waals surface area contributed by atoms with E-state index < -0.39 is 0 Å². The summed E-state index contributed by atoms with van der Waals surface area (Å²) < 4.78 is 0. The van der Waals surface area contributed by atoms with Gasteiger partial charge in [0, 0.05) is 26.2 Å². The largest absolute Gasteiger partial charge is 0.343 e. The molecular formula is C16H20N4OS. The molecule has 1 atom stereocenters. The maximum Gasteiger partial charge on any atom is 0.219 e. The third-order valence-corrected chi connectivity index (χ3v) is 5.08. The zero-order chi connectivity index (χ0) is 15.5. The third kappa shape index (κ3) is 3.32. The van der Waals surface area contributed by atoms with E-state index in [4.69, 9.17) is 4.98 Å². The molecule has 1 aliphatic rings. The molecule has 0 unspecified atom stereocenters. The van der Waals surface area contributed by atoms with Crippen LogP contribution in [0.1, 0.15) is 31.2 Å². The van der Waals surface area contributed by atoms with Crippen LogP contribution in [0, 0.1) is 12.8 Å². The van der Waals surface area contributed by atoms with E-state index in [1.807, 2.05) is 23.5 Å². The lowest BCUT2D eigenvalue weighted by Gasteiger charge is -2.31. The molecule has 0 aromatic carbocycles. The fraction of sp³-hybridized carbons (Fsp3) is 0.500. The standard InChI is InChI=1S/C16H20N4OS/c1-11-16(22-10-18-11)15-8-17-7-14(19-15)6-13-4-3-5-20(9-13)12(2)21/h7-8,10,13H,3-6,9H2,1-2H3/t13-/m1/s1. The number of hydrogen-bond acceptors (Lipinski definition) is 5. The predicted octanol–water partition coefficient (Wildman–Crippen LogP) is 2.71. The van der Waals surface area contributed by atoms with Gasteiger partial charge in [-0.1, -0.05) is 0 Å². The Labute approximate surface area is 134 Å². The van der Waals surface area contributed by atoms with Gasteiger partial charge in [-0.25, -0.2) is 9.97 Å². The first-order valence-electron chi connectivity index (χ1n) is 7.60. The van der Waals surface area contributed by atoms with Gasteiger partial charge in [-0.15, -0.1) is 11.3 Å². The Balaban J connectivity index is 1.73. The first-order chi connectivity index (χ1) is 10.6. The summed E-state index contributed by atoms with van der Waals surface area (Å²) in [6.45, 7) is 5.36. The van der Waals surface area contributed by atoms with Crippen LogP contribution in [0.2, 0.25) is 0 Å². The number of aromatic nitrogens is 3. The van der Waals surface area contributed by atoms with Crippen molar-refractivity contribution < 1.29 is 4.79 Å². The summed E-state index contributed by atoms with van der Waals surface area (Å²) in [5.41, 5.74) is 4.74. The second-order valence-electron chi connectivity index (χ2n) is 5.84.